The smallest absolute Gasteiger partial charge is 0.335 e. The molecule has 72 valence electrons. The van der Waals surface area contributed by atoms with E-state index in [1.807, 2.05) is 20.8 Å². The lowest BCUT2D eigenvalue weighted by Gasteiger charge is -2.20. The molecule has 0 aromatic heterocycles. The van der Waals surface area contributed by atoms with Crippen LogP contribution in [0.3, 0.4) is 0 Å². The van der Waals surface area contributed by atoms with E-state index in [9.17, 15) is 4.79 Å². The van der Waals surface area contributed by atoms with E-state index in [1.165, 1.54) is 12.7 Å². The van der Waals surface area contributed by atoms with Gasteiger partial charge in [0.05, 0.1) is 12.7 Å². The molecule has 1 rings (SSSR count). The Morgan fingerprint density at radius 2 is 1.92 bits per heavy atom. The van der Waals surface area contributed by atoms with Crippen molar-refractivity contribution in [2.24, 2.45) is 0 Å². The van der Waals surface area contributed by atoms with Gasteiger partial charge in [0.15, 0.2) is 0 Å². The second kappa shape index (κ2) is 3.64. The largest absolute Gasteiger partial charge is 0.466 e. The molecule has 1 N–H and O–H groups in total. The SMILES string of the molecule is COC(=O)C1=C(C)NC(C)=C(C)C1. The molecule has 0 spiro atoms. The minimum absolute atomic E-state index is 0.239. The standard InChI is InChI=1S/C10H15NO2/c1-6-5-9(10(12)13-4)8(3)11-7(6)2/h11H,5H2,1-4H3. The lowest BCUT2D eigenvalue weighted by atomic mass is 10.00. The number of allylic oxidation sites excluding steroid dienone is 3. The van der Waals surface area contributed by atoms with Crippen molar-refractivity contribution in [3.05, 3.63) is 22.5 Å². The van der Waals surface area contributed by atoms with Crippen LogP contribution in [0.1, 0.15) is 27.2 Å². The van der Waals surface area contributed by atoms with Gasteiger partial charge in [-0.1, -0.05) is 0 Å². The van der Waals surface area contributed by atoms with Gasteiger partial charge in [0.1, 0.15) is 0 Å². The van der Waals surface area contributed by atoms with Crippen LogP contribution in [-0.4, -0.2) is 13.1 Å². The summed E-state index contributed by atoms with van der Waals surface area (Å²) in [6.45, 7) is 5.91. The van der Waals surface area contributed by atoms with Gasteiger partial charge in [-0.3, -0.25) is 0 Å². The van der Waals surface area contributed by atoms with E-state index in [4.69, 9.17) is 0 Å². The number of carbonyl (C=O) groups excluding carboxylic acids is 1. The topological polar surface area (TPSA) is 38.3 Å². The molecule has 0 radical (unpaired) electrons. The van der Waals surface area contributed by atoms with E-state index in [1.54, 1.807) is 0 Å². The maximum atomic E-state index is 11.3. The third kappa shape index (κ3) is 1.91. The molecule has 0 aliphatic carbocycles. The first-order chi connectivity index (χ1) is 6.06. The maximum Gasteiger partial charge on any atom is 0.335 e. The molecule has 1 aliphatic rings. The molecule has 3 heteroatoms. The summed E-state index contributed by atoms with van der Waals surface area (Å²) >= 11 is 0. The number of rotatable bonds is 1. The Kier molecular flexibility index (Phi) is 2.76. The molecule has 0 fully saturated rings. The lowest BCUT2D eigenvalue weighted by Crippen LogP contribution is -2.21. The molecule has 0 saturated carbocycles. The van der Waals surface area contributed by atoms with Crippen molar-refractivity contribution in [2.45, 2.75) is 27.2 Å². The zero-order valence-electron chi connectivity index (χ0n) is 8.52. The van der Waals surface area contributed by atoms with Crippen molar-refractivity contribution in [3.63, 3.8) is 0 Å². The van der Waals surface area contributed by atoms with Crippen molar-refractivity contribution in [1.29, 1.82) is 0 Å². The van der Waals surface area contributed by atoms with Crippen molar-refractivity contribution >= 4 is 5.97 Å². The number of esters is 1. The van der Waals surface area contributed by atoms with Gasteiger partial charge in [-0.05, 0) is 26.3 Å². The number of methoxy groups -OCH3 is 1. The first-order valence-electron chi connectivity index (χ1n) is 4.27. The summed E-state index contributed by atoms with van der Waals surface area (Å²) in [5, 5.41) is 3.15. The first kappa shape index (κ1) is 9.84. The normalized spacial score (nSPS) is 17.2. The molecule has 0 atom stereocenters. The molecule has 1 heterocycles. The van der Waals surface area contributed by atoms with Crippen molar-refractivity contribution in [3.8, 4) is 0 Å². The number of hydrogen-bond acceptors (Lipinski definition) is 3. The van der Waals surface area contributed by atoms with Crippen LogP contribution >= 0.6 is 0 Å². The molecule has 0 saturated heterocycles. The van der Waals surface area contributed by atoms with Crippen LogP contribution in [0.15, 0.2) is 22.5 Å². The average Bonchev–Trinajstić information content (AvgIpc) is 2.10. The van der Waals surface area contributed by atoms with E-state index in [0.717, 1.165) is 17.0 Å². The fraction of sp³-hybridized carbons (Fsp3) is 0.500. The van der Waals surface area contributed by atoms with Gasteiger partial charge in [-0.25, -0.2) is 4.79 Å². The quantitative estimate of drug-likeness (QED) is 0.626. The van der Waals surface area contributed by atoms with E-state index >= 15 is 0 Å². The van der Waals surface area contributed by atoms with Crippen molar-refractivity contribution in [1.82, 2.24) is 5.32 Å². The van der Waals surface area contributed by atoms with Gasteiger partial charge < -0.3 is 10.1 Å². The second-order valence-electron chi connectivity index (χ2n) is 3.30. The molecular formula is C10H15NO2. The molecule has 0 unspecified atom stereocenters. The van der Waals surface area contributed by atoms with Gasteiger partial charge in [0.25, 0.3) is 0 Å². The Balaban J connectivity index is 2.89. The van der Waals surface area contributed by atoms with Crippen LogP contribution in [0, 0.1) is 0 Å². The highest BCUT2D eigenvalue weighted by Gasteiger charge is 2.18. The molecule has 0 aromatic rings. The molecule has 3 nitrogen and oxygen atoms in total. The van der Waals surface area contributed by atoms with Crippen LogP contribution in [0.5, 0.6) is 0 Å². The Hall–Kier alpha value is -1.25. The number of hydrogen-bond donors (Lipinski definition) is 1. The highest BCUT2D eigenvalue weighted by molar-refractivity contribution is 5.90. The van der Waals surface area contributed by atoms with Crippen molar-refractivity contribution < 1.29 is 9.53 Å². The summed E-state index contributed by atoms with van der Waals surface area (Å²) in [5.41, 5.74) is 3.94. The summed E-state index contributed by atoms with van der Waals surface area (Å²) in [6.07, 6.45) is 0.692. The van der Waals surface area contributed by atoms with Gasteiger partial charge in [-0.15, -0.1) is 0 Å². The highest BCUT2D eigenvalue weighted by Crippen LogP contribution is 2.22. The molecule has 0 aromatic carbocycles. The molecule has 0 amide bonds. The van der Waals surface area contributed by atoms with E-state index < -0.39 is 0 Å². The third-order valence-corrected chi connectivity index (χ3v) is 2.34. The van der Waals surface area contributed by atoms with Gasteiger partial charge in [-0.2, -0.15) is 0 Å². The molecule has 1 aliphatic heterocycles. The Labute approximate surface area is 78.5 Å². The lowest BCUT2D eigenvalue weighted by molar-refractivity contribution is -0.136. The van der Waals surface area contributed by atoms with Crippen LogP contribution in [0.2, 0.25) is 0 Å². The van der Waals surface area contributed by atoms with Crippen LogP contribution in [0.4, 0.5) is 0 Å². The molecular weight excluding hydrogens is 166 g/mol. The zero-order chi connectivity index (χ0) is 10.0. The van der Waals surface area contributed by atoms with Gasteiger partial charge >= 0.3 is 5.97 Å². The average molecular weight is 181 g/mol. The Morgan fingerprint density at radius 3 is 2.46 bits per heavy atom. The van der Waals surface area contributed by atoms with Gasteiger partial charge in [0, 0.05) is 17.8 Å². The predicted octanol–water partition coefficient (Wildman–Crippen LogP) is 1.72. The predicted molar refractivity (Wildman–Crippen MR) is 50.8 cm³/mol. The Bertz CT molecular complexity index is 300. The van der Waals surface area contributed by atoms with Crippen LogP contribution < -0.4 is 5.32 Å². The summed E-state index contributed by atoms with van der Waals surface area (Å²) in [6, 6.07) is 0. The summed E-state index contributed by atoms with van der Waals surface area (Å²) in [4.78, 5) is 11.3. The number of ether oxygens (including phenoxy) is 1. The van der Waals surface area contributed by atoms with E-state index in [-0.39, 0.29) is 5.97 Å². The minimum atomic E-state index is -0.239. The number of carbonyl (C=O) groups is 1. The fourth-order valence-electron chi connectivity index (χ4n) is 1.34. The molecule has 0 bridgehead atoms. The Morgan fingerprint density at radius 1 is 1.31 bits per heavy atom. The summed E-state index contributed by atoms with van der Waals surface area (Å²) < 4.78 is 4.68. The van der Waals surface area contributed by atoms with Gasteiger partial charge in [0.2, 0.25) is 0 Å². The minimum Gasteiger partial charge on any atom is -0.466 e. The highest BCUT2D eigenvalue weighted by atomic mass is 16.5. The van der Waals surface area contributed by atoms with Crippen LogP contribution in [0.25, 0.3) is 0 Å². The summed E-state index contributed by atoms with van der Waals surface area (Å²) in [7, 11) is 1.41. The zero-order valence-corrected chi connectivity index (χ0v) is 8.52. The van der Waals surface area contributed by atoms with E-state index in [0.29, 0.717) is 6.42 Å². The van der Waals surface area contributed by atoms with Crippen molar-refractivity contribution in [2.75, 3.05) is 7.11 Å². The first-order valence-corrected chi connectivity index (χ1v) is 4.27. The number of dihydropyridines is 1. The third-order valence-electron chi connectivity index (χ3n) is 2.34. The second-order valence-corrected chi connectivity index (χ2v) is 3.30. The number of nitrogens with one attached hydrogen (secondary N) is 1. The summed E-state index contributed by atoms with van der Waals surface area (Å²) in [5.74, 6) is -0.239. The van der Waals surface area contributed by atoms with Crippen LogP contribution in [-0.2, 0) is 9.53 Å². The fourth-order valence-corrected chi connectivity index (χ4v) is 1.34. The maximum absolute atomic E-state index is 11.3. The van der Waals surface area contributed by atoms with E-state index in [2.05, 4.69) is 10.1 Å². The monoisotopic (exact) mass is 181 g/mol. The molecule has 13 heavy (non-hydrogen) atoms.